The Morgan fingerprint density at radius 1 is 0.897 bits per heavy atom. The van der Waals surface area contributed by atoms with Crippen LogP contribution in [0.3, 0.4) is 0 Å². The van der Waals surface area contributed by atoms with E-state index in [-0.39, 0.29) is 5.52 Å². The molecule has 0 saturated carbocycles. The van der Waals surface area contributed by atoms with Gasteiger partial charge in [-0.1, -0.05) is 48.0 Å². The second kappa shape index (κ2) is 7.76. The van der Waals surface area contributed by atoms with Gasteiger partial charge in [-0.3, -0.25) is 4.98 Å². The van der Waals surface area contributed by atoms with Crippen LogP contribution in [0.15, 0.2) is 79.0 Å². The van der Waals surface area contributed by atoms with Gasteiger partial charge in [0.1, 0.15) is 0 Å². The van der Waals surface area contributed by atoms with Gasteiger partial charge in [-0.15, -0.1) is 0 Å². The zero-order valence-corrected chi connectivity index (χ0v) is 15.9. The van der Waals surface area contributed by atoms with E-state index in [2.05, 4.69) is 10.3 Å². The molecule has 0 radical (unpaired) electrons. The predicted octanol–water partition coefficient (Wildman–Crippen LogP) is 7.19. The lowest BCUT2D eigenvalue weighted by atomic mass is 9.99. The van der Waals surface area contributed by atoms with Crippen LogP contribution >= 0.6 is 11.6 Å². The number of alkyl halides is 3. The summed E-state index contributed by atoms with van der Waals surface area (Å²) in [6.07, 6.45) is -3.04. The molecule has 0 spiro atoms. The first-order chi connectivity index (χ1) is 13.9. The zero-order chi connectivity index (χ0) is 20.4. The Bertz CT molecular complexity index is 1170. The second-order valence-corrected chi connectivity index (χ2v) is 7.06. The molecule has 0 bridgehead atoms. The zero-order valence-electron chi connectivity index (χ0n) is 15.2. The van der Waals surface area contributed by atoms with Crippen LogP contribution in [0.25, 0.3) is 22.0 Å². The van der Waals surface area contributed by atoms with Crippen molar-refractivity contribution < 1.29 is 13.2 Å². The molecule has 1 heterocycles. The Morgan fingerprint density at radius 2 is 1.69 bits per heavy atom. The minimum absolute atomic E-state index is 0.0465. The average Bonchev–Trinajstić information content (AvgIpc) is 2.71. The van der Waals surface area contributed by atoms with Crippen LogP contribution in [0.5, 0.6) is 0 Å². The SMILES string of the molecule is FC(F)(F)c1cccc2c(-c3cccc(NCc4cccc(Cl)c4)c3)ccnc12. The Kier molecular flexibility index (Phi) is 5.16. The molecular formula is C23H16ClF3N2. The van der Waals surface area contributed by atoms with Crippen LogP contribution in [0, 0.1) is 0 Å². The molecule has 4 aromatic rings. The molecule has 146 valence electrons. The molecule has 0 aliphatic heterocycles. The fraction of sp³-hybridized carbons (Fsp3) is 0.0870. The Labute approximate surface area is 171 Å². The fourth-order valence-corrected chi connectivity index (χ4v) is 3.52. The first kappa shape index (κ1) is 19.3. The van der Waals surface area contributed by atoms with E-state index < -0.39 is 11.7 Å². The first-order valence-electron chi connectivity index (χ1n) is 8.95. The highest BCUT2D eigenvalue weighted by Gasteiger charge is 2.33. The highest BCUT2D eigenvalue weighted by atomic mass is 35.5. The summed E-state index contributed by atoms with van der Waals surface area (Å²) in [7, 11) is 0. The van der Waals surface area contributed by atoms with E-state index >= 15 is 0 Å². The number of hydrogen-bond donors (Lipinski definition) is 1. The summed E-state index contributed by atoms with van der Waals surface area (Å²) in [6, 6.07) is 21.0. The summed E-state index contributed by atoms with van der Waals surface area (Å²) >= 11 is 6.02. The van der Waals surface area contributed by atoms with E-state index in [1.165, 1.54) is 12.3 Å². The summed E-state index contributed by atoms with van der Waals surface area (Å²) in [5.74, 6) is 0. The summed E-state index contributed by atoms with van der Waals surface area (Å²) in [4.78, 5) is 3.99. The number of aromatic nitrogens is 1. The number of rotatable bonds is 4. The molecular weight excluding hydrogens is 397 g/mol. The van der Waals surface area contributed by atoms with Crippen molar-refractivity contribution in [3.05, 3.63) is 95.1 Å². The smallest absolute Gasteiger partial charge is 0.381 e. The molecule has 0 aliphatic rings. The van der Waals surface area contributed by atoms with E-state index in [0.29, 0.717) is 22.5 Å². The molecule has 1 N–H and O–H groups in total. The van der Waals surface area contributed by atoms with E-state index in [1.54, 1.807) is 12.1 Å². The number of halogens is 4. The quantitative estimate of drug-likeness (QED) is 0.383. The van der Waals surface area contributed by atoms with Crippen LogP contribution in [0.1, 0.15) is 11.1 Å². The minimum atomic E-state index is -4.45. The van der Waals surface area contributed by atoms with Gasteiger partial charge in [0.2, 0.25) is 0 Å². The largest absolute Gasteiger partial charge is 0.418 e. The van der Waals surface area contributed by atoms with E-state index in [0.717, 1.165) is 22.9 Å². The molecule has 1 aromatic heterocycles. The van der Waals surface area contributed by atoms with Gasteiger partial charge in [-0.2, -0.15) is 13.2 Å². The molecule has 0 unspecified atom stereocenters. The normalized spacial score (nSPS) is 11.6. The molecule has 0 fully saturated rings. The molecule has 3 aromatic carbocycles. The van der Waals surface area contributed by atoms with Gasteiger partial charge in [0.05, 0.1) is 11.1 Å². The number of hydrogen-bond acceptors (Lipinski definition) is 2. The lowest BCUT2D eigenvalue weighted by Gasteiger charge is -2.13. The Hall–Kier alpha value is -3.05. The number of nitrogens with zero attached hydrogens (tertiary/aromatic N) is 1. The third-order valence-corrected chi connectivity index (χ3v) is 4.87. The molecule has 6 heteroatoms. The van der Waals surface area contributed by atoms with Crippen LogP contribution in [-0.2, 0) is 12.7 Å². The van der Waals surface area contributed by atoms with Crippen molar-refractivity contribution in [2.24, 2.45) is 0 Å². The van der Waals surface area contributed by atoms with Gasteiger partial charge in [-0.05, 0) is 53.1 Å². The van der Waals surface area contributed by atoms with Gasteiger partial charge < -0.3 is 5.32 Å². The van der Waals surface area contributed by atoms with Gasteiger partial charge in [0.25, 0.3) is 0 Å². The maximum absolute atomic E-state index is 13.3. The minimum Gasteiger partial charge on any atom is -0.381 e. The van der Waals surface area contributed by atoms with Crippen molar-refractivity contribution in [1.29, 1.82) is 0 Å². The van der Waals surface area contributed by atoms with Gasteiger partial charge in [-0.25, -0.2) is 0 Å². The third-order valence-electron chi connectivity index (χ3n) is 4.64. The van der Waals surface area contributed by atoms with Crippen molar-refractivity contribution in [2.45, 2.75) is 12.7 Å². The monoisotopic (exact) mass is 412 g/mol. The third kappa shape index (κ3) is 4.20. The van der Waals surface area contributed by atoms with Crippen molar-refractivity contribution in [1.82, 2.24) is 4.98 Å². The van der Waals surface area contributed by atoms with E-state index in [9.17, 15) is 13.2 Å². The molecule has 2 nitrogen and oxygen atoms in total. The highest BCUT2D eigenvalue weighted by Crippen LogP contribution is 2.37. The van der Waals surface area contributed by atoms with Crippen LogP contribution in [0.2, 0.25) is 5.02 Å². The average molecular weight is 413 g/mol. The molecule has 0 amide bonds. The lowest BCUT2D eigenvalue weighted by molar-refractivity contribution is -0.136. The Balaban J connectivity index is 1.69. The second-order valence-electron chi connectivity index (χ2n) is 6.62. The standard InChI is InChI=1S/C23H16ClF3N2/c24-17-6-1-4-15(12-17)14-29-18-7-2-5-16(13-18)19-10-11-28-22-20(19)8-3-9-21(22)23(25,26)27/h1-13,29H,14H2. The van der Waals surface area contributed by atoms with E-state index in [4.69, 9.17) is 11.6 Å². The first-order valence-corrected chi connectivity index (χ1v) is 9.33. The van der Waals surface area contributed by atoms with E-state index in [1.807, 2.05) is 48.5 Å². The molecule has 0 atom stereocenters. The van der Waals surface area contributed by atoms with Crippen LogP contribution in [0.4, 0.5) is 18.9 Å². The molecule has 4 rings (SSSR count). The summed E-state index contributed by atoms with van der Waals surface area (Å²) < 4.78 is 40.0. The maximum atomic E-state index is 13.3. The van der Waals surface area contributed by atoms with Crippen molar-refractivity contribution in [3.8, 4) is 11.1 Å². The summed E-state index contributed by atoms with van der Waals surface area (Å²) in [6.45, 7) is 0.583. The number of nitrogens with one attached hydrogen (secondary N) is 1. The predicted molar refractivity (Wildman–Crippen MR) is 111 cm³/mol. The van der Waals surface area contributed by atoms with Crippen molar-refractivity contribution in [2.75, 3.05) is 5.32 Å². The molecule has 29 heavy (non-hydrogen) atoms. The highest BCUT2D eigenvalue weighted by molar-refractivity contribution is 6.30. The molecule has 0 saturated heterocycles. The van der Waals surface area contributed by atoms with Crippen molar-refractivity contribution in [3.63, 3.8) is 0 Å². The maximum Gasteiger partial charge on any atom is 0.418 e. The number of fused-ring (bicyclic) bond motifs is 1. The number of anilines is 1. The fourth-order valence-electron chi connectivity index (χ4n) is 3.30. The topological polar surface area (TPSA) is 24.9 Å². The van der Waals surface area contributed by atoms with Gasteiger partial charge in [0, 0.05) is 28.8 Å². The van der Waals surface area contributed by atoms with Crippen molar-refractivity contribution >= 4 is 28.2 Å². The number of benzene rings is 3. The van der Waals surface area contributed by atoms with Gasteiger partial charge in [0.15, 0.2) is 0 Å². The van der Waals surface area contributed by atoms with Crippen LogP contribution < -0.4 is 5.32 Å². The summed E-state index contributed by atoms with van der Waals surface area (Å²) in [5.41, 5.74) is 2.63. The summed E-state index contributed by atoms with van der Waals surface area (Å²) in [5, 5.41) is 4.46. The number of para-hydroxylation sites is 1. The number of pyridine rings is 1. The Morgan fingerprint density at radius 3 is 2.48 bits per heavy atom. The lowest BCUT2D eigenvalue weighted by Crippen LogP contribution is -2.06. The van der Waals surface area contributed by atoms with Crippen LogP contribution in [-0.4, -0.2) is 4.98 Å². The van der Waals surface area contributed by atoms with Gasteiger partial charge >= 0.3 is 6.18 Å². The molecule has 0 aliphatic carbocycles.